The summed E-state index contributed by atoms with van der Waals surface area (Å²) in [5.74, 6) is -1.10. The first-order valence-electron chi connectivity index (χ1n) is 7.60. The van der Waals surface area contributed by atoms with Gasteiger partial charge in [0.05, 0.1) is 25.5 Å². The van der Waals surface area contributed by atoms with Gasteiger partial charge in [0, 0.05) is 11.4 Å². The van der Waals surface area contributed by atoms with Crippen LogP contribution in [0.1, 0.15) is 18.2 Å². The van der Waals surface area contributed by atoms with Crippen molar-refractivity contribution in [2.24, 2.45) is 0 Å². The molecule has 1 fully saturated rings. The van der Waals surface area contributed by atoms with E-state index in [9.17, 15) is 19.1 Å². The molecule has 1 aliphatic heterocycles. The minimum Gasteiger partial charge on any atom is -0.390 e. The number of benzene rings is 1. The number of hydrogen-bond acceptors (Lipinski definition) is 5. The Bertz CT molecular complexity index is 851. The Morgan fingerprint density at radius 3 is 2.80 bits per heavy atom. The molecule has 1 aromatic carbocycles. The molecule has 2 N–H and O–H groups in total. The number of aliphatic hydroxyl groups is 1. The van der Waals surface area contributed by atoms with E-state index in [4.69, 9.17) is 21.1 Å². The molecule has 1 aromatic heterocycles. The van der Waals surface area contributed by atoms with Gasteiger partial charge in [0.25, 0.3) is 5.56 Å². The van der Waals surface area contributed by atoms with Crippen LogP contribution in [0.5, 0.6) is 0 Å². The summed E-state index contributed by atoms with van der Waals surface area (Å²) in [5.41, 5.74) is -0.985. The van der Waals surface area contributed by atoms with Gasteiger partial charge in [0.15, 0.2) is 0 Å². The first kappa shape index (κ1) is 17.8. The van der Waals surface area contributed by atoms with Gasteiger partial charge < -0.3 is 14.6 Å². The summed E-state index contributed by atoms with van der Waals surface area (Å²) in [6.45, 7) is 0.405. The smallest absolute Gasteiger partial charge is 0.330 e. The first-order valence-corrected chi connectivity index (χ1v) is 7.98. The number of H-pyrrole nitrogens is 1. The summed E-state index contributed by atoms with van der Waals surface area (Å²) in [5, 5.41) is 10.7. The normalized spacial score (nSPS) is 23.1. The summed E-state index contributed by atoms with van der Waals surface area (Å²) < 4.78 is 25.4. The minimum absolute atomic E-state index is 0.0837. The maximum atomic E-state index is 13.4. The van der Waals surface area contributed by atoms with Crippen molar-refractivity contribution in [3.8, 4) is 0 Å². The number of aliphatic hydroxyl groups excluding tert-OH is 1. The molecule has 0 aliphatic carbocycles. The highest BCUT2D eigenvalue weighted by molar-refractivity contribution is 6.30. The molecule has 2 heterocycles. The maximum Gasteiger partial charge on any atom is 0.330 e. The van der Waals surface area contributed by atoms with E-state index in [1.54, 1.807) is 12.1 Å². The Morgan fingerprint density at radius 2 is 2.08 bits per heavy atom. The number of aromatic amines is 1. The lowest BCUT2D eigenvalue weighted by atomic mass is 10.2. The van der Waals surface area contributed by atoms with Crippen LogP contribution in [0, 0.1) is 5.82 Å². The van der Waals surface area contributed by atoms with Crippen molar-refractivity contribution in [2.45, 2.75) is 31.5 Å². The third kappa shape index (κ3) is 4.16. The Morgan fingerprint density at radius 1 is 1.36 bits per heavy atom. The number of rotatable bonds is 5. The van der Waals surface area contributed by atoms with Gasteiger partial charge in [-0.2, -0.15) is 4.39 Å². The lowest BCUT2D eigenvalue weighted by Crippen LogP contribution is -2.34. The molecule has 2 aromatic rings. The average Bonchev–Trinajstić information content (AvgIpc) is 2.93. The van der Waals surface area contributed by atoms with Gasteiger partial charge in [-0.1, -0.05) is 23.7 Å². The predicted octanol–water partition coefficient (Wildman–Crippen LogP) is 1.19. The summed E-state index contributed by atoms with van der Waals surface area (Å²) >= 11 is 5.81. The largest absolute Gasteiger partial charge is 0.390 e. The summed E-state index contributed by atoms with van der Waals surface area (Å²) in [7, 11) is 0. The van der Waals surface area contributed by atoms with Gasteiger partial charge in [-0.15, -0.1) is 0 Å². The van der Waals surface area contributed by atoms with E-state index in [2.05, 4.69) is 0 Å². The van der Waals surface area contributed by atoms with Crippen LogP contribution in [0.2, 0.25) is 5.02 Å². The molecule has 0 radical (unpaired) electrons. The van der Waals surface area contributed by atoms with E-state index in [0.29, 0.717) is 11.6 Å². The average molecular weight is 371 g/mol. The number of hydrogen-bond donors (Lipinski definition) is 2. The number of halogens is 2. The summed E-state index contributed by atoms with van der Waals surface area (Å²) in [4.78, 5) is 24.7. The molecule has 1 unspecified atom stereocenters. The van der Waals surface area contributed by atoms with Crippen LogP contribution in [0.15, 0.2) is 40.1 Å². The zero-order chi connectivity index (χ0) is 18.0. The highest BCUT2D eigenvalue weighted by atomic mass is 35.5. The van der Waals surface area contributed by atoms with Gasteiger partial charge in [0.1, 0.15) is 12.3 Å². The molecule has 0 saturated carbocycles. The molecule has 7 nitrogen and oxygen atoms in total. The minimum atomic E-state index is -1.10. The van der Waals surface area contributed by atoms with E-state index in [-0.39, 0.29) is 13.0 Å². The molecular weight excluding hydrogens is 355 g/mol. The Kier molecular flexibility index (Phi) is 5.33. The van der Waals surface area contributed by atoms with Gasteiger partial charge in [-0.05, 0) is 17.7 Å². The fourth-order valence-corrected chi connectivity index (χ4v) is 2.71. The second-order valence-corrected chi connectivity index (χ2v) is 6.15. The molecule has 1 saturated heterocycles. The second kappa shape index (κ2) is 7.49. The van der Waals surface area contributed by atoms with Crippen molar-refractivity contribution in [1.29, 1.82) is 0 Å². The maximum absolute atomic E-state index is 13.4. The Labute approximate surface area is 146 Å². The zero-order valence-electron chi connectivity index (χ0n) is 13.0. The highest BCUT2D eigenvalue weighted by Gasteiger charge is 2.35. The summed E-state index contributed by atoms with van der Waals surface area (Å²) in [6.07, 6.45) is -1.56. The van der Waals surface area contributed by atoms with Crippen LogP contribution in [0.25, 0.3) is 0 Å². The van der Waals surface area contributed by atoms with E-state index in [0.717, 1.165) is 16.3 Å². The lowest BCUT2D eigenvalue weighted by molar-refractivity contribution is -0.0669. The summed E-state index contributed by atoms with van der Waals surface area (Å²) in [6, 6.07) is 7.13. The van der Waals surface area contributed by atoms with Crippen molar-refractivity contribution < 1.29 is 19.0 Å². The SMILES string of the molecule is O=c1[nH]c(=O)n([C@@H]2CC(O)[C@H](COCc3ccc(Cl)cc3)O2)cc1F. The van der Waals surface area contributed by atoms with Crippen molar-refractivity contribution in [1.82, 2.24) is 9.55 Å². The number of aromatic nitrogens is 2. The van der Waals surface area contributed by atoms with Crippen molar-refractivity contribution >= 4 is 11.6 Å². The van der Waals surface area contributed by atoms with Crippen LogP contribution >= 0.6 is 11.6 Å². The van der Waals surface area contributed by atoms with Crippen LogP contribution < -0.4 is 11.2 Å². The van der Waals surface area contributed by atoms with Gasteiger partial charge in [-0.3, -0.25) is 14.3 Å². The van der Waals surface area contributed by atoms with Crippen LogP contribution in [-0.2, 0) is 16.1 Å². The van der Waals surface area contributed by atoms with Crippen molar-refractivity contribution in [3.05, 3.63) is 67.7 Å². The van der Waals surface area contributed by atoms with Crippen molar-refractivity contribution in [2.75, 3.05) is 6.61 Å². The highest BCUT2D eigenvalue weighted by Crippen LogP contribution is 2.28. The molecule has 9 heteroatoms. The van der Waals surface area contributed by atoms with Crippen LogP contribution in [0.3, 0.4) is 0 Å². The molecule has 1 aliphatic rings. The number of nitrogens with one attached hydrogen (secondary N) is 1. The van der Waals surface area contributed by atoms with E-state index in [1.165, 1.54) is 0 Å². The van der Waals surface area contributed by atoms with Crippen molar-refractivity contribution in [3.63, 3.8) is 0 Å². The molecule has 0 amide bonds. The fraction of sp³-hybridized carbons (Fsp3) is 0.375. The molecule has 134 valence electrons. The molecule has 3 atom stereocenters. The topological polar surface area (TPSA) is 93.6 Å². The zero-order valence-corrected chi connectivity index (χ0v) is 13.8. The van der Waals surface area contributed by atoms with Crippen LogP contribution in [0.4, 0.5) is 4.39 Å². The van der Waals surface area contributed by atoms with Gasteiger partial charge in [0.2, 0.25) is 5.82 Å². The fourth-order valence-electron chi connectivity index (χ4n) is 2.58. The number of ether oxygens (including phenoxy) is 2. The Hall–Kier alpha value is -2.00. The quantitative estimate of drug-likeness (QED) is 0.824. The number of nitrogens with zero attached hydrogens (tertiary/aromatic N) is 1. The Balaban J connectivity index is 1.60. The van der Waals surface area contributed by atoms with E-state index < -0.39 is 35.5 Å². The molecule has 3 rings (SSSR count). The first-order chi connectivity index (χ1) is 11.9. The van der Waals surface area contributed by atoms with E-state index in [1.807, 2.05) is 17.1 Å². The second-order valence-electron chi connectivity index (χ2n) is 5.72. The molecular formula is C16H16ClFN2O5. The third-order valence-electron chi connectivity index (χ3n) is 3.90. The van der Waals surface area contributed by atoms with Crippen LogP contribution in [-0.4, -0.2) is 33.5 Å². The molecule has 25 heavy (non-hydrogen) atoms. The third-order valence-corrected chi connectivity index (χ3v) is 4.15. The predicted molar refractivity (Wildman–Crippen MR) is 86.9 cm³/mol. The van der Waals surface area contributed by atoms with Gasteiger partial charge in [-0.25, -0.2) is 4.79 Å². The monoisotopic (exact) mass is 370 g/mol. The standard InChI is InChI=1S/C16H16ClFN2O5/c17-10-3-1-9(2-4-10)7-24-8-13-12(21)5-14(25-13)20-6-11(18)15(22)19-16(20)23/h1-4,6,12-14,21H,5,7-8H2,(H,19,22,23)/t12?,13-,14-/m0/s1. The van der Waals surface area contributed by atoms with Gasteiger partial charge >= 0.3 is 5.69 Å². The molecule has 0 bridgehead atoms. The van der Waals surface area contributed by atoms with E-state index >= 15 is 0 Å². The molecule has 0 spiro atoms. The lowest BCUT2D eigenvalue weighted by Gasteiger charge is -2.16.